The molecular weight excluding hydrogens is 245 g/mol. The Balaban J connectivity index is 2.25. The highest BCUT2D eigenvalue weighted by Gasteiger charge is 2.51. The van der Waals surface area contributed by atoms with Gasteiger partial charge in [-0.2, -0.15) is 0 Å². The largest absolute Gasteiger partial charge is 0.321 e. The van der Waals surface area contributed by atoms with E-state index in [0.29, 0.717) is 12.8 Å². The van der Waals surface area contributed by atoms with Gasteiger partial charge in [0.25, 0.3) is 0 Å². The predicted molar refractivity (Wildman–Crippen MR) is 58.8 cm³/mol. The molecule has 2 rings (SSSR count). The van der Waals surface area contributed by atoms with E-state index in [4.69, 9.17) is 5.73 Å². The van der Waals surface area contributed by atoms with Crippen molar-refractivity contribution >= 4 is 15.9 Å². The zero-order valence-electron chi connectivity index (χ0n) is 8.06. The number of alkyl halides is 1. The van der Waals surface area contributed by atoms with Crippen molar-refractivity contribution in [2.24, 2.45) is 5.73 Å². The lowest BCUT2D eigenvalue weighted by atomic mass is 9.64. The smallest absolute Gasteiger partial charge is 0.112 e. The first-order chi connectivity index (χ1) is 6.41. The van der Waals surface area contributed by atoms with E-state index in [2.05, 4.69) is 15.9 Å². The third-order valence-corrected chi connectivity index (χ3v) is 3.26. The van der Waals surface area contributed by atoms with Crippen LogP contribution in [0.25, 0.3) is 0 Å². The van der Waals surface area contributed by atoms with Gasteiger partial charge in [0.1, 0.15) is 5.67 Å². The predicted octanol–water partition coefficient (Wildman–Crippen LogP) is 3.13. The second-order valence-electron chi connectivity index (χ2n) is 4.43. The van der Waals surface area contributed by atoms with Crippen molar-refractivity contribution in [2.75, 3.05) is 0 Å². The fraction of sp³-hybridized carbons (Fsp3) is 0.455. The maximum atomic E-state index is 13.4. The average Bonchev–Trinajstić information content (AvgIpc) is 2.00. The van der Waals surface area contributed by atoms with Gasteiger partial charge in [-0.05, 0) is 24.6 Å². The summed E-state index contributed by atoms with van der Waals surface area (Å²) in [5.41, 5.74) is 5.57. The molecule has 0 atom stereocenters. The van der Waals surface area contributed by atoms with Gasteiger partial charge in [0, 0.05) is 22.9 Å². The van der Waals surface area contributed by atoms with Crippen LogP contribution in [0, 0.1) is 0 Å². The highest BCUT2D eigenvalue weighted by Crippen LogP contribution is 2.48. The summed E-state index contributed by atoms with van der Waals surface area (Å²) in [4.78, 5) is 0. The van der Waals surface area contributed by atoms with Crippen molar-refractivity contribution in [1.82, 2.24) is 0 Å². The van der Waals surface area contributed by atoms with Crippen molar-refractivity contribution in [3.05, 3.63) is 34.3 Å². The molecule has 1 nitrogen and oxygen atoms in total. The Labute approximate surface area is 91.6 Å². The second-order valence-corrected chi connectivity index (χ2v) is 5.35. The van der Waals surface area contributed by atoms with E-state index < -0.39 is 11.2 Å². The minimum absolute atomic E-state index is 0.413. The van der Waals surface area contributed by atoms with Crippen molar-refractivity contribution in [1.29, 1.82) is 0 Å². The molecule has 1 aromatic rings. The lowest BCUT2D eigenvalue weighted by Crippen LogP contribution is -2.56. The molecule has 1 fully saturated rings. The monoisotopic (exact) mass is 257 g/mol. The molecule has 14 heavy (non-hydrogen) atoms. The molecular formula is C11H13BrFN. The van der Waals surface area contributed by atoms with E-state index in [0.717, 1.165) is 10.0 Å². The highest BCUT2D eigenvalue weighted by molar-refractivity contribution is 9.10. The van der Waals surface area contributed by atoms with Gasteiger partial charge in [-0.1, -0.05) is 28.1 Å². The molecule has 3 heteroatoms. The van der Waals surface area contributed by atoms with E-state index in [1.807, 2.05) is 24.3 Å². The summed E-state index contributed by atoms with van der Waals surface area (Å²) < 4.78 is 14.4. The molecule has 1 aliphatic rings. The minimum Gasteiger partial charge on any atom is -0.321 e. The minimum atomic E-state index is -1.09. The molecule has 0 radical (unpaired) electrons. The number of benzene rings is 1. The number of nitrogens with two attached hydrogens (primary N) is 1. The molecule has 0 heterocycles. The van der Waals surface area contributed by atoms with E-state index in [1.54, 1.807) is 6.92 Å². The van der Waals surface area contributed by atoms with Gasteiger partial charge in [-0.15, -0.1) is 0 Å². The normalized spacial score (nSPS) is 36.6. The molecule has 0 saturated heterocycles. The van der Waals surface area contributed by atoms with Gasteiger partial charge in [0.05, 0.1) is 0 Å². The van der Waals surface area contributed by atoms with E-state index in [-0.39, 0.29) is 0 Å². The van der Waals surface area contributed by atoms with E-state index >= 15 is 0 Å². The average molecular weight is 258 g/mol. The molecule has 0 amide bonds. The Morgan fingerprint density at radius 3 is 2.57 bits per heavy atom. The van der Waals surface area contributed by atoms with Crippen LogP contribution in [0.3, 0.4) is 0 Å². The molecule has 2 N–H and O–H groups in total. The lowest BCUT2D eigenvalue weighted by Gasteiger charge is -2.48. The van der Waals surface area contributed by atoms with Gasteiger partial charge < -0.3 is 5.73 Å². The summed E-state index contributed by atoms with van der Waals surface area (Å²) >= 11 is 3.39. The van der Waals surface area contributed by atoms with Crippen LogP contribution >= 0.6 is 15.9 Å². The van der Waals surface area contributed by atoms with Crippen LogP contribution in [-0.4, -0.2) is 5.67 Å². The molecule has 0 aliphatic heterocycles. The Bertz CT molecular complexity index is 354. The maximum Gasteiger partial charge on any atom is 0.112 e. The van der Waals surface area contributed by atoms with Crippen LogP contribution in [0.4, 0.5) is 4.39 Å². The molecule has 1 aliphatic carbocycles. The van der Waals surface area contributed by atoms with E-state index in [1.165, 1.54) is 0 Å². The maximum absolute atomic E-state index is 13.4. The summed E-state index contributed by atoms with van der Waals surface area (Å²) in [6.07, 6.45) is 0.826. The number of halogens is 2. The van der Waals surface area contributed by atoms with Crippen LogP contribution in [0.15, 0.2) is 28.7 Å². The first kappa shape index (κ1) is 10.1. The van der Waals surface area contributed by atoms with Gasteiger partial charge in [-0.25, -0.2) is 4.39 Å². The molecule has 0 aromatic heterocycles. The summed E-state index contributed by atoms with van der Waals surface area (Å²) in [7, 11) is 0. The van der Waals surface area contributed by atoms with Crippen LogP contribution in [0.5, 0.6) is 0 Å². The number of rotatable bonds is 1. The molecule has 0 unspecified atom stereocenters. The first-order valence-electron chi connectivity index (χ1n) is 4.65. The number of hydrogen-bond donors (Lipinski definition) is 1. The first-order valence-corrected chi connectivity index (χ1v) is 5.45. The summed E-state index contributed by atoms with van der Waals surface area (Å²) in [6.45, 7) is 1.61. The van der Waals surface area contributed by atoms with Crippen molar-refractivity contribution < 1.29 is 4.39 Å². The van der Waals surface area contributed by atoms with Crippen molar-refractivity contribution in [3.63, 3.8) is 0 Å². The lowest BCUT2D eigenvalue weighted by molar-refractivity contribution is 0.00129. The van der Waals surface area contributed by atoms with Crippen LogP contribution in [0.2, 0.25) is 0 Å². The van der Waals surface area contributed by atoms with Crippen molar-refractivity contribution in [3.8, 4) is 0 Å². The topological polar surface area (TPSA) is 26.0 Å². The Kier molecular flexibility index (Phi) is 2.20. The van der Waals surface area contributed by atoms with Gasteiger partial charge in [-0.3, -0.25) is 0 Å². The standard InChI is InChI=1S/C11H13BrFN/c1-10(13)6-11(14,7-10)8-3-2-4-9(12)5-8/h2-5H,6-7,14H2,1H3. The highest BCUT2D eigenvalue weighted by atomic mass is 79.9. The summed E-state index contributed by atoms with van der Waals surface area (Å²) in [5.74, 6) is 0. The zero-order valence-corrected chi connectivity index (χ0v) is 9.64. The fourth-order valence-electron chi connectivity index (χ4n) is 2.27. The van der Waals surface area contributed by atoms with Gasteiger partial charge >= 0.3 is 0 Å². The third-order valence-electron chi connectivity index (χ3n) is 2.77. The molecule has 1 saturated carbocycles. The molecule has 1 aromatic carbocycles. The summed E-state index contributed by atoms with van der Waals surface area (Å²) in [5, 5.41) is 0. The Morgan fingerprint density at radius 1 is 1.43 bits per heavy atom. The quantitative estimate of drug-likeness (QED) is 0.822. The van der Waals surface area contributed by atoms with Crippen molar-refractivity contribution in [2.45, 2.75) is 31.0 Å². The number of hydrogen-bond acceptors (Lipinski definition) is 1. The van der Waals surface area contributed by atoms with E-state index in [9.17, 15) is 4.39 Å². The van der Waals surface area contributed by atoms with Crippen LogP contribution in [0.1, 0.15) is 25.3 Å². The van der Waals surface area contributed by atoms with Crippen LogP contribution < -0.4 is 5.73 Å². The molecule has 76 valence electrons. The Morgan fingerprint density at radius 2 is 2.07 bits per heavy atom. The zero-order chi connectivity index (χ0) is 10.4. The van der Waals surface area contributed by atoms with Crippen LogP contribution in [-0.2, 0) is 5.54 Å². The SMILES string of the molecule is CC1(F)CC(N)(c2cccc(Br)c2)C1. The Hall–Kier alpha value is -0.410. The molecule has 0 bridgehead atoms. The fourth-order valence-corrected chi connectivity index (χ4v) is 2.67. The van der Waals surface area contributed by atoms with Gasteiger partial charge in [0.15, 0.2) is 0 Å². The third kappa shape index (κ3) is 1.71. The van der Waals surface area contributed by atoms with Gasteiger partial charge in [0.2, 0.25) is 0 Å². The summed E-state index contributed by atoms with van der Waals surface area (Å²) in [6, 6.07) is 7.80. The molecule has 0 spiro atoms. The second kappa shape index (κ2) is 3.04.